The highest BCUT2D eigenvalue weighted by atomic mass is 19.1. The first-order valence-electron chi connectivity index (χ1n) is 7.13. The van der Waals surface area contributed by atoms with Crippen molar-refractivity contribution in [3.8, 4) is 0 Å². The molecule has 0 radical (unpaired) electrons. The maximum absolute atomic E-state index is 13.6. The average molecular weight is 278 g/mol. The molecule has 1 unspecified atom stereocenters. The highest BCUT2D eigenvalue weighted by Crippen LogP contribution is 2.20. The fraction of sp³-hybridized carbons (Fsp3) is 0.562. The number of rotatable bonds is 3. The summed E-state index contributed by atoms with van der Waals surface area (Å²) in [5.74, 6) is -0.0513. The van der Waals surface area contributed by atoms with Crippen molar-refractivity contribution in [2.45, 2.75) is 39.3 Å². The van der Waals surface area contributed by atoms with E-state index in [0.717, 1.165) is 13.0 Å². The second-order valence-corrected chi connectivity index (χ2v) is 6.55. The standard InChI is InChI=1S/C16H23FN2O/c1-16(2,3)18-15(20)13-8-9-19(11-13)10-12-6-4-5-7-14(12)17/h4-7,13H,8-11H2,1-3H3,(H,18,20). The predicted octanol–water partition coefficient (Wildman–Crippen LogP) is 2.56. The van der Waals surface area contributed by atoms with Crippen molar-refractivity contribution in [1.82, 2.24) is 10.2 Å². The fourth-order valence-corrected chi connectivity index (χ4v) is 2.53. The van der Waals surface area contributed by atoms with Gasteiger partial charge in [0.05, 0.1) is 5.92 Å². The number of carbonyl (C=O) groups excluding carboxylic acids is 1. The van der Waals surface area contributed by atoms with Gasteiger partial charge in [0.15, 0.2) is 0 Å². The Morgan fingerprint density at radius 2 is 2.10 bits per heavy atom. The molecule has 1 aromatic rings. The van der Waals surface area contributed by atoms with E-state index in [0.29, 0.717) is 18.7 Å². The van der Waals surface area contributed by atoms with Crippen LogP contribution in [-0.4, -0.2) is 29.4 Å². The van der Waals surface area contributed by atoms with Crippen LogP contribution >= 0.6 is 0 Å². The zero-order valence-corrected chi connectivity index (χ0v) is 12.4. The van der Waals surface area contributed by atoms with Crippen molar-refractivity contribution in [1.29, 1.82) is 0 Å². The minimum atomic E-state index is -0.198. The highest BCUT2D eigenvalue weighted by molar-refractivity contribution is 5.79. The highest BCUT2D eigenvalue weighted by Gasteiger charge is 2.30. The molecule has 1 aromatic carbocycles. The van der Waals surface area contributed by atoms with Gasteiger partial charge in [-0.1, -0.05) is 18.2 Å². The summed E-state index contributed by atoms with van der Waals surface area (Å²) in [6.07, 6.45) is 0.844. The van der Waals surface area contributed by atoms with E-state index in [1.54, 1.807) is 12.1 Å². The number of carbonyl (C=O) groups is 1. The molecule has 0 saturated carbocycles. The third-order valence-electron chi connectivity index (χ3n) is 3.49. The summed E-state index contributed by atoms with van der Waals surface area (Å²) >= 11 is 0. The number of hydrogen-bond donors (Lipinski definition) is 1. The van der Waals surface area contributed by atoms with Crippen LogP contribution in [0.15, 0.2) is 24.3 Å². The number of likely N-dealkylation sites (tertiary alicyclic amines) is 1. The van der Waals surface area contributed by atoms with Crippen molar-refractivity contribution >= 4 is 5.91 Å². The monoisotopic (exact) mass is 278 g/mol. The number of halogens is 1. The minimum Gasteiger partial charge on any atom is -0.351 e. The van der Waals surface area contributed by atoms with Gasteiger partial charge in [-0.2, -0.15) is 0 Å². The number of amides is 1. The van der Waals surface area contributed by atoms with Crippen molar-refractivity contribution in [3.63, 3.8) is 0 Å². The van der Waals surface area contributed by atoms with E-state index in [9.17, 15) is 9.18 Å². The zero-order valence-electron chi connectivity index (χ0n) is 12.4. The molecule has 0 aromatic heterocycles. The molecule has 1 aliphatic heterocycles. The second kappa shape index (κ2) is 5.92. The van der Waals surface area contributed by atoms with E-state index in [1.165, 1.54) is 6.07 Å². The molecule has 0 spiro atoms. The Kier molecular flexibility index (Phi) is 4.43. The summed E-state index contributed by atoms with van der Waals surface area (Å²) < 4.78 is 13.6. The largest absolute Gasteiger partial charge is 0.351 e. The minimum absolute atomic E-state index is 0.0148. The second-order valence-electron chi connectivity index (χ2n) is 6.55. The SMILES string of the molecule is CC(C)(C)NC(=O)C1CCN(Cc2ccccc2F)C1. The Bertz CT molecular complexity index is 482. The molecule has 2 rings (SSSR count). The normalized spacial score (nSPS) is 20.1. The summed E-state index contributed by atoms with van der Waals surface area (Å²) in [6.45, 7) is 8.07. The summed E-state index contributed by atoms with van der Waals surface area (Å²) in [4.78, 5) is 14.3. The maximum atomic E-state index is 13.6. The Hall–Kier alpha value is -1.42. The van der Waals surface area contributed by atoms with Gasteiger partial charge in [-0.15, -0.1) is 0 Å². The first-order chi connectivity index (χ1) is 9.35. The lowest BCUT2D eigenvalue weighted by atomic mass is 10.0. The first kappa shape index (κ1) is 15.0. The van der Waals surface area contributed by atoms with Crippen LogP contribution in [0.3, 0.4) is 0 Å². The summed E-state index contributed by atoms with van der Waals surface area (Å²) in [5, 5.41) is 3.02. The average Bonchev–Trinajstić information content (AvgIpc) is 2.79. The summed E-state index contributed by atoms with van der Waals surface area (Å²) in [7, 11) is 0. The Balaban J connectivity index is 1.90. The van der Waals surface area contributed by atoms with Crippen molar-refractivity contribution in [2.75, 3.05) is 13.1 Å². The topological polar surface area (TPSA) is 32.3 Å². The van der Waals surface area contributed by atoms with E-state index in [2.05, 4.69) is 10.2 Å². The lowest BCUT2D eigenvalue weighted by Gasteiger charge is -2.23. The van der Waals surface area contributed by atoms with E-state index in [-0.39, 0.29) is 23.2 Å². The third kappa shape index (κ3) is 4.04. The van der Waals surface area contributed by atoms with Gasteiger partial charge in [0.25, 0.3) is 0 Å². The molecule has 1 heterocycles. The number of nitrogens with zero attached hydrogens (tertiary/aromatic N) is 1. The number of hydrogen-bond acceptors (Lipinski definition) is 2. The molecule has 1 atom stereocenters. The van der Waals surface area contributed by atoms with Gasteiger partial charge in [0, 0.05) is 24.2 Å². The molecule has 3 nitrogen and oxygen atoms in total. The van der Waals surface area contributed by atoms with Gasteiger partial charge < -0.3 is 5.32 Å². The van der Waals surface area contributed by atoms with Gasteiger partial charge in [0.1, 0.15) is 5.82 Å². The molecular formula is C16H23FN2O. The molecular weight excluding hydrogens is 255 g/mol. The summed E-state index contributed by atoms with van der Waals surface area (Å²) in [5.41, 5.74) is 0.500. The van der Waals surface area contributed by atoms with E-state index in [1.807, 2.05) is 26.8 Å². The van der Waals surface area contributed by atoms with Crippen LogP contribution in [-0.2, 0) is 11.3 Å². The van der Waals surface area contributed by atoms with Crippen LogP contribution in [0.5, 0.6) is 0 Å². The van der Waals surface area contributed by atoms with Gasteiger partial charge >= 0.3 is 0 Å². The number of nitrogens with one attached hydrogen (secondary N) is 1. The molecule has 0 bridgehead atoms. The Morgan fingerprint density at radius 1 is 1.40 bits per heavy atom. The molecule has 1 fully saturated rings. The quantitative estimate of drug-likeness (QED) is 0.921. The van der Waals surface area contributed by atoms with Crippen LogP contribution < -0.4 is 5.32 Å². The van der Waals surface area contributed by atoms with Crippen LogP contribution in [0.4, 0.5) is 4.39 Å². The number of benzene rings is 1. The Labute approximate surface area is 120 Å². The molecule has 20 heavy (non-hydrogen) atoms. The molecule has 110 valence electrons. The van der Waals surface area contributed by atoms with Gasteiger partial charge in [0.2, 0.25) is 5.91 Å². The van der Waals surface area contributed by atoms with Gasteiger partial charge in [-0.25, -0.2) is 4.39 Å². The lowest BCUT2D eigenvalue weighted by Crippen LogP contribution is -2.44. The maximum Gasteiger partial charge on any atom is 0.224 e. The molecule has 1 N–H and O–H groups in total. The van der Waals surface area contributed by atoms with E-state index in [4.69, 9.17) is 0 Å². The first-order valence-corrected chi connectivity index (χ1v) is 7.13. The lowest BCUT2D eigenvalue weighted by molar-refractivity contribution is -0.126. The fourth-order valence-electron chi connectivity index (χ4n) is 2.53. The van der Waals surface area contributed by atoms with Crippen molar-refractivity contribution in [2.24, 2.45) is 5.92 Å². The molecule has 4 heteroatoms. The zero-order chi connectivity index (χ0) is 14.8. The van der Waals surface area contributed by atoms with Gasteiger partial charge in [-0.05, 0) is 39.8 Å². The predicted molar refractivity (Wildman–Crippen MR) is 77.7 cm³/mol. The van der Waals surface area contributed by atoms with Crippen LogP contribution in [0.1, 0.15) is 32.8 Å². The molecule has 1 amide bonds. The van der Waals surface area contributed by atoms with Crippen LogP contribution in [0.2, 0.25) is 0 Å². The van der Waals surface area contributed by atoms with Crippen molar-refractivity contribution < 1.29 is 9.18 Å². The molecule has 1 saturated heterocycles. The molecule has 0 aliphatic carbocycles. The summed E-state index contributed by atoms with van der Waals surface area (Å²) in [6, 6.07) is 6.83. The van der Waals surface area contributed by atoms with E-state index < -0.39 is 0 Å². The van der Waals surface area contributed by atoms with Crippen molar-refractivity contribution in [3.05, 3.63) is 35.6 Å². The third-order valence-corrected chi connectivity index (χ3v) is 3.49. The van der Waals surface area contributed by atoms with Gasteiger partial charge in [-0.3, -0.25) is 9.69 Å². The molecule has 1 aliphatic rings. The van der Waals surface area contributed by atoms with E-state index >= 15 is 0 Å². The van der Waals surface area contributed by atoms with Crippen LogP contribution in [0.25, 0.3) is 0 Å². The Morgan fingerprint density at radius 3 is 2.75 bits per heavy atom. The van der Waals surface area contributed by atoms with Crippen LogP contribution in [0, 0.1) is 11.7 Å². The smallest absolute Gasteiger partial charge is 0.224 e.